The van der Waals surface area contributed by atoms with Gasteiger partial charge >= 0.3 is 25.7 Å². The Hall–Kier alpha value is -2.89. The van der Waals surface area contributed by atoms with Gasteiger partial charge in [-0.25, -0.2) is 4.57 Å². The molecule has 0 aromatic rings. The van der Waals surface area contributed by atoms with Crippen molar-refractivity contribution < 1.29 is 52.3 Å². The molecule has 57 heavy (non-hydrogen) atoms. The number of phosphoric ester groups is 1. The van der Waals surface area contributed by atoms with Gasteiger partial charge in [0.2, 0.25) is 0 Å². The van der Waals surface area contributed by atoms with Crippen molar-refractivity contribution in [3.63, 3.8) is 0 Å². The van der Waals surface area contributed by atoms with E-state index in [1.54, 1.807) is 12.2 Å². The van der Waals surface area contributed by atoms with Crippen molar-refractivity contribution >= 4 is 31.5 Å². The normalized spacial score (nSPS) is 14.1. The Kier molecular flexibility index (Phi) is 36.7. The molecule has 0 bridgehead atoms. The highest BCUT2D eigenvalue weighted by molar-refractivity contribution is 7.47. The maximum absolute atomic E-state index is 12.6. The molecule has 13 heteroatoms. The van der Waals surface area contributed by atoms with Crippen LogP contribution in [-0.2, 0) is 42.3 Å². The minimum Gasteiger partial charge on any atom is -0.480 e. The fourth-order valence-electron chi connectivity index (χ4n) is 5.61. The Morgan fingerprint density at radius 2 is 1.11 bits per heavy atom. The molecule has 0 fully saturated rings. The monoisotopic (exact) mass is 826 g/mol. The summed E-state index contributed by atoms with van der Waals surface area (Å²) in [7, 11) is -4.78. The van der Waals surface area contributed by atoms with Crippen LogP contribution >= 0.6 is 7.82 Å². The van der Waals surface area contributed by atoms with Crippen molar-refractivity contribution in [3.05, 3.63) is 48.6 Å². The van der Waals surface area contributed by atoms with E-state index in [2.05, 4.69) is 42.7 Å². The maximum atomic E-state index is 12.6. The average molecular weight is 826 g/mol. The molecule has 4 N–H and O–H groups in total. The van der Waals surface area contributed by atoms with Crippen LogP contribution in [-0.4, -0.2) is 65.7 Å². The van der Waals surface area contributed by atoms with Gasteiger partial charge in [0, 0.05) is 19.3 Å². The number of ketones is 1. The van der Waals surface area contributed by atoms with Crippen LogP contribution < -0.4 is 5.73 Å². The lowest BCUT2D eigenvalue weighted by Crippen LogP contribution is -2.34. The standard InChI is InChI=1S/C44H76NO11P/c1-3-5-7-9-11-13-15-17-18-20-22-24-26-28-30-34-42(47)53-36-40(37-54-57(51,52)55-38-41(45)44(49)50)56-43(48)35-31-33-39(46)32-29-27-25-23-21-19-16-14-12-10-8-6-4-2/h12,14,19,21,25,27,29,32,40-41H,3-11,13,15-18,20,22-24,26,28,30-31,33-38,45H2,1-2H3,(H,49,50)(H,51,52)/b14-12-,21-19-,27-25-,32-29+/t40-,41+/m1/s1. The van der Waals surface area contributed by atoms with Crippen LogP contribution in [0.5, 0.6) is 0 Å². The number of esters is 2. The second-order valence-electron chi connectivity index (χ2n) is 14.5. The molecule has 0 radical (unpaired) electrons. The van der Waals surface area contributed by atoms with Gasteiger partial charge in [0.1, 0.15) is 12.6 Å². The Morgan fingerprint density at radius 1 is 0.596 bits per heavy atom. The van der Waals surface area contributed by atoms with Crippen molar-refractivity contribution in [1.82, 2.24) is 0 Å². The van der Waals surface area contributed by atoms with Crippen LogP contribution in [0.3, 0.4) is 0 Å². The Balaban J connectivity index is 4.57. The quantitative estimate of drug-likeness (QED) is 0.0133. The van der Waals surface area contributed by atoms with E-state index in [0.717, 1.165) is 38.5 Å². The molecule has 0 aliphatic rings. The summed E-state index contributed by atoms with van der Waals surface area (Å²) >= 11 is 0. The van der Waals surface area contributed by atoms with Gasteiger partial charge < -0.3 is 25.2 Å². The first-order valence-corrected chi connectivity index (χ1v) is 23.1. The summed E-state index contributed by atoms with van der Waals surface area (Å²) in [6, 6.07) is -1.56. The molecule has 0 heterocycles. The number of carboxylic acids is 1. The highest BCUT2D eigenvalue weighted by Crippen LogP contribution is 2.43. The molecular weight excluding hydrogens is 749 g/mol. The minimum absolute atomic E-state index is 0.100. The topological polar surface area (TPSA) is 189 Å². The molecule has 0 aromatic heterocycles. The number of hydrogen-bond donors (Lipinski definition) is 3. The first kappa shape index (κ1) is 54.1. The maximum Gasteiger partial charge on any atom is 0.472 e. The van der Waals surface area contributed by atoms with E-state index in [4.69, 9.17) is 24.8 Å². The largest absolute Gasteiger partial charge is 0.480 e. The lowest BCUT2D eigenvalue weighted by atomic mass is 10.0. The van der Waals surface area contributed by atoms with Crippen LogP contribution in [0.25, 0.3) is 0 Å². The van der Waals surface area contributed by atoms with Crippen molar-refractivity contribution in [2.24, 2.45) is 5.73 Å². The zero-order valence-corrected chi connectivity index (χ0v) is 36.1. The summed E-state index contributed by atoms with van der Waals surface area (Å²) in [5, 5.41) is 8.88. The number of rotatable bonds is 40. The number of allylic oxidation sites excluding steroid dienone is 8. The zero-order chi connectivity index (χ0) is 42.2. The molecule has 12 nitrogen and oxygen atoms in total. The molecule has 1 unspecified atom stereocenters. The van der Waals surface area contributed by atoms with E-state index in [9.17, 15) is 28.6 Å². The van der Waals surface area contributed by atoms with Crippen LogP contribution in [0.1, 0.15) is 174 Å². The van der Waals surface area contributed by atoms with E-state index in [0.29, 0.717) is 6.42 Å². The Morgan fingerprint density at radius 3 is 1.70 bits per heavy atom. The molecule has 3 atom stereocenters. The molecule has 0 aliphatic carbocycles. The third-order valence-corrected chi connectivity index (χ3v) is 10.0. The molecule has 0 saturated carbocycles. The molecule has 0 spiro atoms. The van der Waals surface area contributed by atoms with Crippen molar-refractivity contribution in [2.75, 3.05) is 19.8 Å². The van der Waals surface area contributed by atoms with Crippen molar-refractivity contribution in [3.8, 4) is 0 Å². The van der Waals surface area contributed by atoms with Crippen LogP contribution in [0, 0.1) is 0 Å². The predicted octanol–water partition coefficient (Wildman–Crippen LogP) is 10.6. The summed E-state index contributed by atoms with van der Waals surface area (Å²) in [4.78, 5) is 58.1. The predicted molar refractivity (Wildman–Crippen MR) is 227 cm³/mol. The number of hydrogen-bond acceptors (Lipinski definition) is 10. The highest BCUT2D eigenvalue weighted by Gasteiger charge is 2.28. The van der Waals surface area contributed by atoms with Gasteiger partial charge in [-0.15, -0.1) is 0 Å². The van der Waals surface area contributed by atoms with Crippen molar-refractivity contribution in [1.29, 1.82) is 0 Å². The van der Waals surface area contributed by atoms with Gasteiger partial charge in [0.15, 0.2) is 11.9 Å². The summed E-state index contributed by atoms with van der Waals surface area (Å²) < 4.78 is 32.5. The number of ether oxygens (including phenoxy) is 2. The van der Waals surface area contributed by atoms with Gasteiger partial charge in [-0.3, -0.25) is 28.2 Å². The highest BCUT2D eigenvalue weighted by atomic mass is 31.2. The SMILES string of the molecule is CCCCC/C=C\C/C=C\C/C=C\C=C\C(=O)CCCC(=O)O[C@H](COC(=O)CCCCCCCCCCCCCCCCC)COP(=O)(O)OC[C@H](N)C(=O)O. The first-order chi connectivity index (χ1) is 27.5. The van der Waals surface area contributed by atoms with E-state index < -0.39 is 57.7 Å². The fraction of sp³-hybridized carbons (Fsp3) is 0.727. The number of carbonyl (C=O) groups excluding carboxylic acids is 3. The lowest BCUT2D eigenvalue weighted by Gasteiger charge is -2.20. The zero-order valence-electron chi connectivity index (χ0n) is 35.2. The van der Waals surface area contributed by atoms with E-state index in [-0.39, 0.29) is 31.5 Å². The van der Waals surface area contributed by atoms with Gasteiger partial charge in [-0.05, 0) is 44.6 Å². The molecule has 0 saturated heterocycles. The fourth-order valence-corrected chi connectivity index (χ4v) is 6.38. The minimum atomic E-state index is -4.78. The third kappa shape index (κ3) is 38.4. The van der Waals surface area contributed by atoms with Gasteiger partial charge in [0.25, 0.3) is 0 Å². The summed E-state index contributed by atoms with van der Waals surface area (Å²) in [6.07, 6.45) is 39.0. The average Bonchev–Trinajstić information content (AvgIpc) is 3.18. The Bertz CT molecular complexity index is 1220. The van der Waals surface area contributed by atoms with Crippen LogP contribution in [0.2, 0.25) is 0 Å². The summed E-state index contributed by atoms with van der Waals surface area (Å²) in [5.41, 5.74) is 5.31. The molecule has 0 aliphatic heterocycles. The Labute approximate surface area is 343 Å². The second-order valence-corrected chi connectivity index (χ2v) is 16.0. The van der Waals surface area contributed by atoms with Gasteiger partial charge in [-0.2, -0.15) is 0 Å². The lowest BCUT2D eigenvalue weighted by molar-refractivity contribution is -0.161. The number of nitrogens with two attached hydrogens (primary N) is 1. The number of aliphatic carboxylic acids is 1. The number of unbranched alkanes of at least 4 members (excludes halogenated alkanes) is 17. The van der Waals surface area contributed by atoms with E-state index in [1.807, 2.05) is 6.08 Å². The second kappa shape index (κ2) is 38.6. The van der Waals surface area contributed by atoms with Gasteiger partial charge in [0.05, 0.1) is 13.2 Å². The van der Waals surface area contributed by atoms with Crippen LogP contribution in [0.4, 0.5) is 0 Å². The van der Waals surface area contributed by atoms with E-state index in [1.165, 1.54) is 96.0 Å². The van der Waals surface area contributed by atoms with Gasteiger partial charge in [-0.1, -0.05) is 159 Å². The molecule has 0 aromatic carbocycles. The van der Waals surface area contributed by atoms with Crippen molar-refractivity contribution in [2.45, 2.75) is 187 Å². The first-order valence-electron chi connectivity index (χ1n) is 21.6. The van der Waals surface area contributed by atoms with Crippen LogP contribution in [0.15, 0.2) is 48.6 Å². The number of carbonyl (C=O) groups is 4. The molecule has 328 valence electrons. The molecule has 0 amide bonds. The summed E-state index contributed by atoms with van der Waals surface area (Å²) in [5.74, 6) is -2.83. The molecule has 0 rings (SSSR count). The third-order valence-electron chi connectivity index (χ3n) is 9.06. The summed E-state index contributed by atoms with van der Waals surface area (Å²) in [6.45, 7) is 2.53. The number of carboxylic acid groups (broad SMARTS) is 1. The van der Waals surface area contributed by atoms with E-state index >= 15 is 0 Å². The number of phosphoric acid groups is 1. The smallest absolute Gasteiger partial charge is 0.472 e. The molecular formula is C44H76NO11P.